The van der Waals surface area contributed by atoms with Crippen molar-refractivity contribution in [1.82, 2.24) is 0 Å². The van der Waals surface area contributed by atoms with Gasteiger partial charge >= 0.3 is 0 Å². The van der Waals surface area contributed by atoms with Gasteiger partial charge in [-0.2, -0.15) is 0 Å². The van der Waals surface area contributed by atoms with Gasteiger partial charge in [-0.05, 0) is 114 Å². The Kier molecular flexibility index (Phi) is 8.66. The molecule has 0 unspecified atom stereocenters. The van der Waals surface area contributed by atoms with Crippen LogP contribution in [-0.4, -0.2) is 0 Å². The van der Waals surface area contributed by atoms with Crippen molar-refractivity contribution in [2.45, 2.75) is 78.1 Å². The first-order valence-electron chi connectivity index (χ1n) is 27.2. The van der Waals surface area contributed by atoms with Crippen LogP contribution in [0.25, 0.3) is 97.7 Å². The topological polar surface area (TPSA) is 32.8 Å². The fourth-order valence-electron chi connectivity index (χ4n) is 14.3. The van der Waals surface area contributed by atoms with Crippen LogP contribution in [0.4, 0.5) is 34.1 Å². The summed E-state index contributed by atoms with van der Waals surface area (Å²) >= 11 is 0. The standard InChI is InChI=1S/C72H56N2O2/c1-39(2)53-37-61(73-59-23-15-13-21-55(59)71(5,6)57-35-33-49-47-27-25-41-17-9-11-19-43(41)67(47)75-69(49)65(57)73)51-32-30-46-54(40(3)4)38-62(52-31-29-45(53)63(51)64(46)52)74-60-24-16-14-22-56(60)72(7,8)58-36-34-50-48-28-26-42-18-10-12-20-44(42)68(48)76-70(50)66(58)74/h9-40H,1-8H3. The summed E-state index contributed by atoms with van der Waals surface area (Å²) in [4.78, 5) is 5.15. The van der Waals surface area contributed by atoms with E-state index in [9.17, 15) is 0 Å². The maximum atomic E-state index is 7.34. The number of rotatable bonds is 4. The SMILES string of the molecule is CC(C)c1cc(N2c3ccccc3C(C)(C)c3ccc4c(oc5c6ccccc6ccc45)c32)c2ccc3c(C(C)C)cc(N4c5ccccc5C(C)(C)c5ccc6c(oc7c8ccccc8ccc67)c54)c4ccc1c2c34. The second kappa shape index (κ2) is 15.0. The molecule has 0 saturated carbocycles. The summed E-state index contributed by atoms with van der Waals surface area (Å²) in [6.07, 6.45) is 0. The van der Waals surface area contributed by atoms with Crippen molar-refractivity contribution < 1.29 is 8.83 Å². The van der Waals surface area contributed by atoms with Crippen molar-refractivity contribution in [2.75, 3.05) is 9.80 Å². The Morgan fingerprint density at radius 2 is 0.671 bits per heavy atom. The van der Waals surface area contributed by atoms with Gasteiger partial charge in [0.25, 0.3) is 0 Å². The van der Waals surface area contributed by atoms with Gasteiger partial charge < -0.3 is 18.6 Å². The molecule has 0 spiro atoms. The number of anilines is 6. The summed E-state index contributed by atoms with van der Waals surface area (Å²) in [5, 5.41) is 16.8. The minimum absolute atomic E-state index is 0.234. The molecular formula is C72H56N2O2. The zero-order valence-corrected chi connectivity index (χ0v) is 44.2. The van der Waals surface area contributed by atoms with Crippen LogP contribution >= 0.6 is 0 Å². The van der Waals surface area contributed by atoms with Crippen molar-refractivity contribution >= 4 is 132 Å². The average molecular weight is 981 g/mol. The first kappa shape index (κ1) is 43.8. The Bertz CT molecular complexity index is 4540. The Hall–Kier alpha value is -8.60. The highest BCUT2D eigenvalue weighted by Gasteiger charge is 2.42. The molecule has 0 aliphatic carbocycles. The van der Waals surface area contributed by atoms with Crippen LogP contribution < -0.4 is 9.80 Å². The number of furan rings is 2. The lowest BCUT2D eigenvalue weighted by molar-refractivity contribution is 0.624. The first-order valence-corrected chi connectivity index (χ1v) is 27.2. The van der Waals surface area contributed by atoms with E-state index in [0.29, 0.717) is 0 Å². The van der Waals surface area contributed by atoms with Crippen molar-refractivity contribution in [3.05, 3.63) is 215 Å². The highest BCUT2D eigenvalue weighted by Crippen LogP contribution is 2.60. The molecule has 16 rings (SSSR count). The van der Waals surface area contributed by atoms with Crippen molar-refractivity contribution in [3.8, 4) is 0 Å². The molecule has 12 aromatic carbocycles. The third-order valence-electron chi connectivity index (χ3n) is 18.1. The molecule has 14 aromatic rings. The van der Waals surface area contributed by atoms with Gasteiger partial charge in [0.2, 0.25) is 0 Å². The molecule has 366 valence electrons. The molecule has 4 heterocycles. The fraction of sp³-hybridized carbons (Fsp3) is 0.167. The highest BCUT2D eigenvalue weighted by molar-refractivity contribution is 6.31. The van der Waals surface area contributed by atoms with Crippen LogP contribution in [0.5, 0.6) is 0 Å². The summed E-state index contributed by atoms with van der Waals surface area (Å²) in [6, 6.07) is 68.4. The van der Waals surface area contributed by atoms with E-state index in [2.05, 4.69) is 247 Å². The van der Waals surface area contributed by atoms with E-state index in [1.807, 2.05) is 0 Å². The smallest absolute Gasteiger partial charge is 0.159 e. The van der Waals surface area contributed by atoms with Gasteiger partial charge in [0.15, 0.2) is 11.2 Å². The van der Waals surface area contributed by atoms with Gasteiger partial charge in [-0.1, -0.05) is 201 Å². The third kappa shape index (κ3) is 5.53. The molecule has 0 atom stereocenters. The maximum Gasteiger partial charge on any atom is 0.159 e. The quantitative estimate of drug-likeness (QED) is 0.165. The molecule has 2 aliphatic heterocycles. The van der Waals surface area contributed by atoms with E-state index >= 15 is 0 Å². The minimum atomic E-state index is -0.308. The van der Waals surface area contributed by atoms with E-state index in [4.69, 9.17) is 8.83 Å². The van der Waals surface area contributed by atoms with Gasteiger partial charge in [0, 0.05) is 53.9 Å². The lowest BCUT2D eigenvalue weighted by atomic mass is 9.73. The van der Waals surface area contributed by atoms with Gasteiger partial charge in [-0.25, -0.2) is 0 Å². The molecular weight excluding hydrogens is 925 g/mol. The zero-order chi connectivity index (χ0) is 51.3. The second-order valence-electron chi connectivity index (χ2n) is 23.5. The fourth-order valence-corrected chi connectivity index (χ4v) is 14.3. The molecule has 76 heavy (non-hydrogen) atoms. The normalized spacial score (nSPS) is 15.0. The van der Waals surface area contributed by atoms with Gasteiger partial charge in [0.05, 0.1) is 34.1 Å². The molecule has 0 N–H and O–H groups in total. The number of para-hydroxylation sites is 2. The van der Waals surface area contributed by atoms with E-state index in [1.165, 1.54) is 87.8 Å². The number of nitrogens with zero attached hydrogens (tertiary/aromatic N) is 2. The van der Waals surface area contributed by atoms with Crippen LogP contribution in [0.1, 0.15) is 101 Å². The predicted octanol–water partition coefficient (Wildman–Crippen LogP) is 21.2. The largest absolute Gasteiger partial charge is 0.453 e. The lowest BCUT2D eigenvalue weighted by Crippen LogP contribution is -2.31. The molecule has 2 aliphatic rings. The van der Waals surface area contributed by atoms with Crippen LogP contribution in [0.3, 0.4) is 0 Å². The van der Waals surface area contributed by atoms with Crippen LogP contribution in [-0.2, 0) is 10.8 Å². The van der Waals surface area contributed by atoms with E-state index in [-0.39, 0.29) is 22.7 Å². The van der Waals surface area contributed by atoms with Gasteiger partial charge in [-0.3, -0.25) is 0 Å². The summed E-state index contributed by atoms with van der Waals surface area (Å²) in [5.41, 5.74) is 17.7. The second-order valence-corrected chi connectivity index (χ2v) is 23.5. The molecule has 2 aromatic heterocycles. The molecule has 0 bridgehead atoms. The summed E-state index contributed by atoms with van der Waals surface area (Å²) in [6.45, 7) is 18.9. The minimum Gasteiger partial charge on any atom is -0.453 e. The Morgan fingerprint density at radius 1 is 0.316 bits per heavy atom. The lowest BCUT2D eigenvalue weighted by Gasteiger charge is -2.43. The molecule has 4 heteroatoms. The number of hydrogen-bond acceptors (Lipinski definition) is 4. The number of hydrogen-bond donors (Lipinski definition) is 0. The van der Waals surface area contributed by atoms with Crippen molar-refractivity contribution in [1.29, 1.82) is 0 Å². The monoisotopic (exact) mass is 980 g/mol. The Morgan fingerprint density at radius 3 is 1.11 bits per heavy atom. The van der Waals surface area contributed by atoms with Gasteiger partial charge in [-0.15, -0.1) is 0 Å². The molecule has 0 amide bonds. The third-order valence-corrected chi connectivity index (χ3v) is 18.1. The first-order chi connectivity index (χ1) is 36.9. The molecule has 4 nitrogen and oxygen atoms in total. The predicted molar refractivity (Wildman–Crippen MR) is 322 cm³/mol. The van der Waals surface area contributed by atoms with Crippen molar-refractivity contribution in [2.24, 2.45) is 0 Å². The van der Waals surface area contributed by atoms with E-state index in [0.717, 1.165) is 77.4 Å². The van der Waals surface area contributed by atoms with Crippen molar-refractivity contribution in [3.63, 3.8) is 0 Å². The van der Waals surface area contributed by atoms with Crippen LogP contribution in [0, 0.1) is 0 Å². The maximum absolute atomic E-state index is 7.34. The van der Waals surface area contributed by atoms with E-state index in [1.54, 1.807) is 0 Å². The molecule has 0 saturated heterocycles. The van der Waals surface area contributed by atoms with Crippen LogP contribution in [0.2, 0.25) is 0 Å². The highest BCUT2D eigenvalue weighted by atomic mass is 16.3. The van der Waals surface area contributed by atoms with Crippen LogP contribution in [0.15, 0.2) is 191 Å². The molecule has 0 radical (unpaired) electrons. The summed E-state index contributed by atoms with van der Waals surface area (Å²) in [5.74, 6) is 0.467. The number of benzene rings is 12. The Labute approximate surface area is 441 Å². The molecule has 0 fully saturated rings. The average Bonchev–Trinajstić information content (AvgIpc) is 4.19. The van der Waals surface area contributed by atoms with Gasteiger partial charge in [0.1, 0.15) is 11.2 Å². The zero-order valence-electron chi connectivity index (χ0n) is 44.2. The number of fused-ring (bicyclic) bond motifs is 16. The van der Waals surface area contributed by atoms with E-state index < -0.39 is 0 Å². The Balaban J connectivity index is 1.04. The summed E-state index contributed by atoms with van der Waals surface area (Å²) in [7, 11) is 0. The summed E-state index contributed by atoms with van der Waals surface area (Å²) < 4.78 is 14.7.